The number of para-hydroxylation sites is 1. The number of fused-ring (bicyclic) bond motifs is 1. The fourth-order valence-electron chi connectivity index (χ4n) is 2.48. The van der Waals surface area contributed by atoms with Crippen LogP contribution in [-0.4, -0.2) is 42.3 Å². The second-order valence-corrected chi connectivity index (χ2v) is 5.42. The fraction of sp³-hybridized carbons (Fsp3) is 0.533. The molecule has 1 heterocycles. The van der Waals surface area contributed by atoms with E-state index in [4.69, 9.17) is 21.4 Å². The molecule has 116 valence electrons. The van der Waals surface area contributed by atoms with Gasteiger partial charge in [0.2, 0.25) is 0 Å². The molecule has 0 bridgehead atoms. The number of rotatable bonds is 5. The van der Waals surface area contributed by atoms with Crippen LogP contribution in [0.15, 0.2) is 18.2 Å². The number of ether oxygens (including phenoxy) is 1. The van der Waals surface area contributed by atoms with Gasteiger partial charge in [0.1, 0.15) is 5.75 Å². The van der Waals surface area contributed by atoms with E-state index in [2.05, 4.69) is 5.32 Å². The second-order valence-electron chi connectivity index (χ2n) is 5.01. The van der Waals surface area contributed by atoms with Crippen molar-refractivity contribution in [3.8, 4) is 5.75 Å². The molecule has 1 aromatic rings. The molecule has 1 atom stereocenters. The number of benzene rings is 1. The van der Waals surface area contributed by atoms with Crippen molar-refractivity contribution in [3.05, 3.63) is 28.8 Å². The van der Waals surface area contributed by atoms with E-state index in [0.29, 0.717) is 36.9 Å². The zero-order valence-electron chi connectivity index (χ0n) is 12.1. The van der Waals surface area contributed by atoms with Gasteiger partial charge >= 0.3 is 6.03 Å². The summed E-state index contributed by atoms with van der Waals surface area (Å²) in [6.07, 6.45) is 1.56. The molecule has 0 aromatic heterocycles. The number of aliphatic hydroxyl groups is 1. The average Bonchev–Trinajstić information content (AvgIpc) is 2.48. The number of nitrogens with zero attached hydrogens (tertiary/aromatic N) is 1. The summed E-state index contributed by atoms with van der Waals surface area (Å²) in [7, 11) is 0. The maximum Gasteiger partial charge on any atom is 0.317 e. The Kier molecular flexibility index (Phi) is 5.70. The van der Waals surface area contributed by atoms with Gasteiger partial charge in [-0.2, -0.15) is 0 Å². The average molecular weight is 313 g/mol. The number of aliphatic hydroxyl groups excluding tert-OH is 1. The van der Waals surface area contributed by atoms with E-state index in [1.54, 1.807) is 11.0 Å². The molecule has 5 nitrogen and oxygen atoms in total. The number of amides is 2. The number of hydrogen-bond acceptors (Lipinski definition) is 3. The Labute approximate surface area is 129 Å². The van der Waals surface area contributed by atoms with E-state index in [0.717, 1.165) is 12.0 Å². The van der Waals surface area contributed by atoms with Crippen molar-refractivity contribution in [2.75, 3.05) is 26.3 Å². The standard InChI is InChI=1S/C15H21ClN2O3/c1-2-7-18(8-9-19)15(20)17-13-6-10-21-14-11(13)4-3-5-12(14)16/h3-5,13,19H,2,6-10H2,1H3,(H,17,20). The number of urea groups is 1. The predicted octanol–water partition coefficient (Wildman–Crippen LogP) is 2.58. The van der Waals surface area contributed by atoms with Crippen LogP contribution in [-0.2, 0) is 0 Å². The van der Waals surface area contributed by atoms with E-state index >= 15 is 0 Å². The Balaban J connectivity index is 2.10. The highest BCUT2D eigenvalue weighted by molar-refractivity contribution is 6.32. The van der Waals surface area contributed by atoms with Gasteiger partial charge in [0.25, 0.3) is 0 Å². The van der Waals surface area contributed by atoms with Crippen LogP contribution in [0.3, 0.4) is 0 Å². The summed E-state index contributed by atoms with van der Waals surface area (Å²) in [5, 5.41) is 12.6. The summed E-state index contributed by atoms with van der Waals surface area (Å²) in [6, 6.07) is 5.27. The summed E-state index contributed by atoms with van der Waals surface area (Å²) < 4.78 is 5.58. The quantitative estimate of drug-likeness (QED) is 0.878. The van der Waals surface area contributed by atoms with E-state index in [1.807, 2.05) is 19.1 Å². The van der Waals surface area contributed by atoms with E-state index < -0.39 is 0 Å². The fourth-order valence-corrected chi connectivity index (χ4v) is 2.72. The van der Waals surface area contributed by atoms with E-state index in [1.165, 1.54) is 0 Å². The number of halogens is 1. The largest absolute Gasteiger partial charge is 0.492 e. The third-order valence-corrected chi connectivity index (χ3v) is 3.77. The summed E-state index contributed by atoms with van der Waals surface area (Å²) in [5.74, 6) is 0.653. The van der Waals surface area contributed by atoms with Gasteiger partial charge in [-0.3, -0.25) is 0 Å². The molecule has 21 heavy (non-hydrogen) atoms. The number of carbonyl (C=O) groups is 1. The molecule has 2 rings (SSSR count). The lowest BCUT2D eigenvalue weighted by Gasteiger charge is -2.30. The maximum atomic E-state index is 12.3. The van der Waals surface area contributed by atoms with Gasteiger partial charge in [-0.05, 0) is 12.5 Å². The lowest BCUT2D eigenvalue weighted by atomic mass is 10.0. The predicted molar refractivity (Wildman–Crippen MR) is 81.8 cm³/mol. The van der Waals surface area contributed by atoms with Gasteiger partial charge in [-0.15, -0.1) is 0 Å². The lowest BCUT2D eigenvalue weighted by molar-refractivity contribution is 0.169. The third-order valence-electron chi connectivity index (χ3n) is 3.47. The molecule has 0 aliphatic carbocycles. The SMILES string of the molecule is CCCN(CCO)C(=O)NC1CCOc2c(Cl)cccc21. The van der Waals surface area contributed by atoms with E-state index in [9.17, 15) is 4.79 Å². The molecular formula is C15H21ClN2O3. The van der Waals surface area contributed by atoms with Crippen molar-refractivity contribution in [2.24, 2.45) is 0 Å². The van der Waals surface area contributed by atoms with Crippen LogP contribution in [0.25, 0.3) is 0 Å². The Bertz CT molecular complexity index is 490. The molecule has 1 unspecified atom stereocenters. The Morgan fingerprint density at radius 1 is 1.52 bits per heavy atom. The molecule has 0 saturated heterocycles. The minimum absolute atomic E-state index is 0.0381. The molecule has 6 heteroatoms. The Morgan fingerprint density at radius 3 is 3.05 bits per heavy atom. The third kappa shape index (κ3) is 3.80. The molecule has 2 amide bonds. The lowest BCUT2D eigenvalue weighted by Crippen LogP contribution is -2.44. The summed E-state index contributed by atoms with van der Waals surface area (Å²) >= 11 is 6.12. The monoisotopic (exact) mass is 312 g/mol. The van der Waals surface area contributed by atoms with Crippen molar-refractivity contribution in [2.45, 2.75) is 25.8 Å². The van der Waals surface area contributed by atoms with Crippen molar-refractivity contribution >= 4 is 17.6 Å². The van der Waals surface area contributed by atoms with Gasteiger partial charge < -0.3 is 20.1 Å². The molecule has 1 aromatic carbocycles. The van der Waals surface area contributed by atoms with Gasteiger partial charge in [0.05, 0.1) is 24.3 Å². The molecule has 2 N–H and O–H groups in total. The molecular weight excluding hydrogens is 292 g/mol. The second kappa shape index (κ2) is 7.52. The first-order chi connectivity index (χ1) is 10.2. The van der Waals surface area contributed by atoms with Crippen molar-refractivity contribution in [3.63, 3.8) is 0 Å². The summed E-state index contributed by atoms with van der Waals surface area (Å²) in [4.78, 5) is 13.9. The van der Waals surface area contributed by atoms with Gasteiger partial charge in [0.15, 0.2) is 0 Å². The zero-order valence-corrected chi connectivity index (χ0v) is 12.9. The highest BCUT2D eigenvalue weighted by atomic mass is 35.5. The first kappa shape index (κ1) is 15.9. The molecule has 0 saturated carbocycles. The smallest absolute Gasteiger partial charge is 0.317 e. The first-order valence-corrected chi connectivity index (χ1v) is 7.62. The molecule has 0 spiro atoms. The van der Waals surface area contributed by atoms with Gasteiger partial charge in [-0.1, -0.05) is 30.7 Å². The normalized spacial score (nSPS) is 16.8. The number of nitrogens with one attached hydrogen (secondary N) is 1. The Morgan fingerprint density at radius 2 is 2.33 bits per heavy atom. The highest BCUT2D eigenvalue weighted by Gasteiger charge is 2.26. The topological polar surface area (TPSA) is 61.8 Å². The van der Waals surface area contributed by atoms with Crippen LogP contribution < -0.4 is 10.1 Å². The Hall–Kier alpha value is -1.46. The van der Waals surface area contributed by atoms with Crippen LogP contribution in [0.4, 0.5) is 4.79 Å². The van der Waals surface area contributed by atoms with Crippen LogP contribution >= 0.6 is 11.6 Å². The number of carbonyl (C=O) groups excluding carboxylic acids is 1. The van der Waals surface area contributed by atoms with Crippen molar-refractivity contribution in [1.29, 1.82) is 0 Å². The van der Waals surface area contributed by atoms with Crippen LogP contribution in [0.5, 0.6) is 5.75 Å². The van der Waals surface area contributed by atoms with Crippen molar-refractivity contribution in [1.82, 2.24) is 10.2 Å². The minimum atomic E-state index is -0.163. The van der Waals surface area contributed by atoms with Crippen LogP contribution in [0.1, 0.15) is 31.4 Å². The minimum Gasteiger partial charge on any atom is -0.492 e. The summed E-state index contributed by atoms with van der Waals surface area (Å²) in [5.41, 5.74) is 0.905. The molecule has 0 fully saturated rings. The van der Waals surface area contributed by atoms with Crippen LogP contribution in [0, 0.1) is 0 Å². The highest BCUT2D eigenvalue weighted by Crippen LogP contribution is 2.37. The van der Waals surface area contributed by atoms with Gasteiger partial charge in [-0.25, -0.2) is 4.79 Å². The van der Waals surface area contributed by atoms with Gasteiger partial charge in [0, 0.05) is 25.1 Å². The first-order valence-electron chi connectivity index (χ1n) is 7.24. The van der Waals surface area contributed by atoms with Crippen molar-refractivity contribution < 1.29 is 14.6 Å². The van der Waals surface area contributed by atoms with E-state index in [-0.39, 0.29) is 18.7 Å². The van der Waals surface area contributed by atoms with Crippen LogP contribution in [0.2, 0.25) is 5.02 Å². The zero-order chi connectivity index (χ0) is 15.2. The molecule has 1 aliphatic heterocycles. The molecule has 0 radical (unpaired) electrons. The molecule has 1 aliphatic rings. The maximum absolute atomic E-state index is 12.3. The summed E-state index contributed by atoms with van der Waals surface area (Å²) in [6.45, 7) is 3.45. The number of hydrogen-bond donors (Lipinski definition) is 2.